The summed E-state index contributed by atoms with van der Waals surface area (Å²) in [5, 5.41) is 7.63. The molecule has 0 amide bonds. The standard InChI is InChI=1S/C20H28N4O2S/c1-6-8-16-9-15(10-17(25-4)19(16)26-5)12-23-20(21-7-2)24-13-18-22-11-14(3)27-18/h6,9-11H,1,7-8,12-13H2,2-5H3,(H2,21,23,24). The van der Waals surface area contributed by atoms with Crippen LogP contribution in [-0.2, 0) is 19.5 Å². The molecule has 0 unspecified atom stereocenters. The average Bonchev–Trinajstić information content (AvgIpc) is 3.09. The van der Waals surface area contributed by atoms with Crippen molar-refractivity contribution in [1.82, 2.24) is 15.6 Å². The molecule has 0 aliphatic rings. The van der Waals surface area contributed by atoms with E-state index < -0.39 is 0 Å². The highest BCUT2D eigenvalue weighted by Crippen LogP contribution is 2.33. The minimum atomic E-state index is 0.525. The maximum Gasteiger partial charge on any atom is 0.191 e. The normalized spacial score (nSPS) is 11.2. The van der Waals surface area contributed by atoms with E-state index in [-0.39, 0.29) is 0 Å². The van der Waals surface area contributed by atoms with Crippen molar-refractivity contribution >= 4 is 17.3 Å². The number of methoxy groups -OCH3 is 2. The molecule has 1 aromatic heterocycles. The number of hydrogen-bond acceptors (Lipinski definition) is 5. The number of hydrogen-bond donors (Lipinski definition) is 2. The van der Waals surface area contributed by atoms with Crippen LogP contribution in [0.4, 0.5) is 0 Å². The van der Waals surface area contributed by atoms with E-state index >= 15 is 0 Å². The first-order valence-electron chi connectivity index (χ1n) is 8.89. The van der Waals surface area contributed by atoms with Crippen LogP contribution in [0.25, 0.3) is 0 Å². The van der Waals surface area contributed by atoms with Crippen molar-refractivity contribution in [3.63, 3.8) is 0 Å². The minimum absolute atomic E-state index is 0.525. The molecule has 2 rings (SSSR count). The second-order valence-electron chi connectivity index (χ2n) is 5.90. The smallest absolute Gasteiger partial charge is 0.191 e. The molecular formula is C20H28N4O2S. The minimum Gasteiger partial charge on any atom is -0.493 e. The number of thiazole rings is 1. The third-order valence-electron chi connectivity index (χ3n) is 3.82. The summed E-state index contributed by atoms with van der Waals surface area (Å²) in [5.74, 6) is 2.21. The van der Waals surface area contributed by atoms with Crippen LogP contribution in [-0.4, -0.2) is 31.7 Å². The van der Waals surface area contributed by atoms with Crippen molar-refractivity contribution in [3.8, 4) is 11.5 Å². The highest BCUT2D eigenvalue weighted by molar-refractivity contribution is 7.11. The molecule has 0 fully saturated rings. The van der Waals surface area contributed by atoms with Gasteiger partial charge in [-0.1, -0.05) is 6.08 Å². The van der Waals surface area contributed by atoms with Crippen LogP contribution >= 0.6 is 11.3 Å². The summed E-state index contributed by atoms with van der Waals surface area (Å²) in [6.45, 7) is 9.88. The second-order valence-corrected chi connectivity index (χ2v) is 7.22. The zero-order chi connectivity index (χ0) is 19.6. The Labute approximate surface area is 165 Å². The summed E-state index contributed by atoms with van der Waals surface area (Å²) in [5.41, 5.74) is 2.08. The number of nitrogens with zero attached hydrogens (tertiary/aromatic N) is 2. The molecule has 0 atom stereocenters. The first kappa shape index (κ1) is 20.8. The number of aromatic nitrogens is 1. The van der Waals surface area contributed by atoms with E-state index in [2.05, 4.69) is 40.2 Å². The zero-order valence-corrected chi connectivity index (χ0v) is 17.3. The van der Waals surface area contributed by atoms with Gasteiger partial charge < -0.3 is 20.1 Å². The molecule has 7 heteroatoms. The highest BCUT2D eigenvalue weighted by atomic mass is 32.1. The lowest BCUT2D eigenvalue weighted by molar-refractivity contribution is 0.352. The van der Waals surface area contributed by atoms with E-state index in [0.717, 1.165) is 34.4 Å². The van der Waals surface area contributed by atoms with Crippen LogP contribution in [0, 0.1) is 6.92 Å². The number of rotatable bonds is 9. The van der Waals surface area contributed by atoms with Gasteiger partial charge in [0.1, 0.15) is 5.01 Å². The molecule has 146 valence electrons. The monoisotopic (exact) mass is 388 g/mol. The molecule has 1 heterocycles. The average molecular weight is 389 g/mol. The van der Waals surface area contributed by atoms with Gasteiger partial charge in [-0.3, -0.25) is 0 Å². The Hall–Kier alpha value is -2.54. The van der Waals surface area contributed by atoms with Crippen molar-refractivity contribution < 1.29 is 9.47 Å². The van der Waals surface area contributed by atoms with E-state index in [9.17, 15) is 0 Å². The number of nitrogens with one attached hydrogen (secondary N) is 2. The number of guanidine groups is 1. The van der Waals surface area contributed by atoms with Gasteiger partial charge in [0.2, 0.25) is 0 Å². The molecule has 2 aromatic rings. The van der Waals surface area contributed by atoms with Gasteiger partial charge in [-0.2, -0.15) is 0 Å². The van der Waals surface area contributed by atoms with E-state index in [1.165, 1.54) is 4.88 Å². The predicted octanol–water partition coefficient (Wildman–Crippen LogP) is 3.45. The predicted molar refractivity (Wildman–Crippen MR) is 112 cm³/mol. The van der Waals surface area contributed by atoms with Crippen molar-refractivity contribution in [2.75, 3.05) is 20.8 Å². The number of aliphatic imine (C=N–C) groups is 1. The second kappa shape index (κ2) is 10.6. The molecule has 0 bridgehead atoms. The molecule has 0 spiro atoms. The SMILES string of the molecule is C=CCc1cc(CN=C(NCC)NCc2ncc(C)s2)cc(OC)c1OC. The van der Waals surface area contributed by atoms with Gasteiger partial charge in [0.25, 0.3) is 0 Å². The molecule has 27 heavy (non-hydrogen) atoms. The number of allylic oxidation sites excluding steroid dienone is 1. The number of aryl methyl sites for hydroxylation is 1. The summed E-state index contributed by atoms with van der Waals surface area (Å²) in [6.07, 6.45) is 4.45. The molecule has 0 aliphatic carbocycles. The molecule has 1 aromatic carbocycles. The van der Waals surface area contributed by atoms with Gasteiger partial charge in [-0.05, 0) is 38.0 Å². The number of benzene rings is 1. The van der Waals surface area contributed by atoms with Crippen LogP contribution in [0.3, 0.4) is 0 Å². The highest BCUT2D eigenvalue weighted by Gasteiger charge is 2.11. The van der Waals surface area contributed by atoms with E-state index in [1.54, 1.807) is 25.6 Å². The van der Waals surface area contributed by atoms with Crippen molar-refractivity contribution in [2.24, 2.45) is 4.99 Å². The van der Waals surface area contributed by atoms with Crippen LogP contribution < -0.4 is 20.1 Å². The Morgan fingerprint density at radius 1 is 1.30 bits per heavy atom. The van der Waals surface area contributed by atoms with Crippen molar-refractivity contribution in [2.45, 2.75) is 33.4 Å². The Kier molecular flexibility index (Phi) is 8.13. The third kappa shape index (κ3) is 5.99. The fourth-order valence-corrected chi connectivity index (χ4v) is 3.39. The third-order valence-corrected chi connectivity index (χ3v) is 4.73. The Balaban J connectivity index is 2.15. The van der Waals surface area contributed by atoms with Gasteiger partial charge in [-0.25, -0.2) is 9.98 Å². The Morgan fingerprint density at radius 3 is 2.70 bits per heavy atom. The van der Waals surface area contributed by atoms with Gasteiger partial charge in [0.15, 0.2) is 17.5 Å². The maximum absolute atomic E-state index is 5.49. The summed E-state index contributed by atoms with van der Waals surface area (Å²) in [6, 6.07) is 4.04. The lowest BCUT2D eigenvalue weighted by atomic mass is 10.1. The van der Waals surface area contributed by atoms with E-state index in [1.807, 2.05) is 25.3 Å². The molecule has 0 saturated carbocycles. The van der Waals surface area contributed by atoms with E-state index in [4.69, 9.17) is 9.47 Å². The lowest BCUT2D eigenvalue weighted by Crippen LogP contribution is -2.36. The molecule has 0 radical (unpaired) electrons. The van der Waals surface area contributed by atoms with Crippen LogP contribution in [0.5, 0.6) is 11.5 Å². The topological polar surface area (TPSA) is 67.8 Å². The Bertz CT molecular complexity index is 786. The van der Waals surface area contributed by atoms with Crippen molar-refractivity contribution in [1.29, 1.82) is 0 Å². The van der Waals surface area contributed by atoms with Gasteiger partial charge >= 0.3 is 0 Å². The summed E-state index contributed by atoms with van der Waals surface area (Å²) < 4.78 is 11.0. The molecule has 0 saturated heterocycles. The summed E-state index contributed by atoms with van der Waals surface area (Å²) in [7, 11) is 3.29. The van der Waals surface area contributed by atoms with Gasteiger partial charge in [-0.15, -0.1) is 17.9 Å². The first-order chi connectivity index (χ1) is 13.1. The van der Waals surface area contributed by atoms with E-state index in [0.29, 0.717) is 25.3 Å². The molecule has 6 nitrogen and oxygen atoms in total. The maximum atomic E-state index is 5.49. The lowest BCUT2D eigenvalue weighted by Gasteiger charge is -2.14. The molecule has 0 aliphatic heterocycles. The zero-order valence-electron chi connectivity index (χ0n) is 16.5. The summed E-state index contributed by atoms with van der Waals surface area (Å²) in [4.78, 5) is 10.3. The van der Waals surface area contributed by atoms with Crippen LogP contribution in [0.2, 0.25) is 0 Å². The molecular weight excluding hydrogens is 360 g/mol. The fourth-order valence-electron chi connectivity index (χ4n) is 2.66. The summed E-state index contributed by atoms with van der Waals surface area (Å²) >= 11 is 1.68. The van der Waals surface area contributed by atoms with Gasteiger partial charge in [0.05, 0.1) is 27.3 Å². The first-order valence-corrected chi connectivity index (χ1v) is 9.71. The largest absolute Gasteiger partial charge is 0.493 e. The number of ether oxygens (including phenoxy) is 2. The Morgan fingerprint density at radius 2 is 2.11 bits per heavy atom. The fraction of sp³-hybridized carbons (Fsp3) is 0.400. The van der Waals surface area contributed by atoms with Crippen molar-refractivity contribution in [3.05, 3.63) is 52.0 Å². The molecule has 2 N–H and O–H groups in total. The van der Waals surface area contributed by atoms with Crippen LogP contribution in [0.1, 0.15) is 27.9 Å². The van der Waals surface area contributed by atoms with Gasteiger partial charge in [0, 0.05) is 23.2 Å². The van der Waals surface area contributed by atoms with Crippen LogP contribution in [0.15, 0.2) is 36.0 Å². The quantitative estimate of drug-likeness (QED) is 0.391.